The van der Waals surface area contributed by atoms with Crippen molar-refractivity contribution in [2.75, 3.05) is 0 Å². The Hall–Kier alpha value is -2.81. The summed E-state index contributed by atoms with van der Waals surface area (Å²) in [5.41, 5.74) is 9.10. The van der Waals surface area contributed by atoms with Crippen LogP contribution in [0, 0.1) is 19.7 Å². The molecule has 0 unspecified atom stereocenters. The van der Waals surface area contributed by atoms with Gasteiger partial charge >= 0.3 is 0 Å². The summed E-state index contributed by atoms with van der Waals surface area (Å²) < 4.78 is 18.0. The Kier molecular flexibility index (Phi) is 3.17. The van der Waals surface area contributed by atoms with Gasteiger partial charge in [0.1, 0.15) is 5.82 Å². The lowest BCUT2D eigenvalue weighted by Crippen LogP contribution is -2.16. The maximum Gasteiger partial charge on any atom is 0.123 e. The highest BCUT2D eigenvalue weighted by molar-refractivity contribution is 5.86. The molecule has 0 fully saturated rings. The minimum atomic E-state index is -0.226. The van der Waals surface area contributed by atoms with Gasteiger partial charge in [-0.3, -0.25) is 0 Å². The molecule has 0 spiro atoms. The Morgan fingerprint density at radius 2 is 1.65 bits per heavy atom. The molecule has 2 aromatic carbocycles. The van der Waals surface area contributed by atoms with Gasteiger partial charge in [0.15, 0.2) is 0 Å². The van der Waals surface area contributed by atoms with Gasteiger partial charge in [-0.1, -0.05) is 18.2 Å². The smallest absolute Gasteiger partial charge is 0.123 e. The summed E-state index contributed by atoms with van der Waals surface area (Å²) in [6.07, 6.45) is 0.846. The van der Waals surface area contributed by atoms with Crippen molar-refractivity contribution >= 4 is 10.9 Å². The van der Waals surface area contributed by atoms with Gasteiger partial charge < -0.3 is 9.13 Å². The quantitative estimate of drug-likeness (QED) is 0.401. The van der Waals surface area contributed by atoms with E-state index in [1.807, 2.05) is 12.1 Å². The molecule has 0 saturated heterocycles. The van der Waals surface area contributed by atoms with Crippen LogP contribution in [0.1, 0.15) is 28.1 Å². The molecule has 2 nitrogen and oxygen atoms in total. The molecule has 4 aromatic rings. The van der Waals surface area contributed by atoms with Crippen LogP contribution in [0.4, 0.5) is 4.39 Å². The first-order chi connectivity index (χ1) is 12.6. The van der Waals surface area contributed by atoms with Crippen LogP contribution in [0.2, 0.25) is 0 Å². The molecular weight excluding hydrogens is 323 g/mol. The normalized spacial score (nSPS) is 13.1. The Bertz CT molecular complexity index is 1160. The molecule has 0 N–H and O–H groups in total. The van der Waals surface area contributed by atoms with Crippen molar-refractivity contribution in [3.63, 3.8) is 0 Å². The summed E-state index contributed by atoms with van der Waals surface area (Å²) in [5, 5.41) is 1.31. The van der Waals surface area contributed by atoms with Crippen molar-refractivity contribution in [1.29, 1.82) is 0 Å². The number of hydrogen-bond donors (Lipinski definition) is 0. The first-order valence-electron chi connectivity index (χ1n) is 8.76. The molecule has 0 atom stereocenters. The number of para-hydroxylation sites is 1. The number of nitrogens with zero attached hydrogens (tertiary/aromatic N) is 2. The van der Waals surface area contributed by atoms with E-state index in [0.717, 1.165) is 35.3 Å². The van der Waals surface area contributed by atoms with Crippen LogP contribution in [0.5, 0.6) is 0 Å². The minimum Gasteiger partial charge on any atom is -0.346 e. The third kappa shape index (κ3) is 1.97. The highest BCUT2D eigenvalue weighted by Gasteiger charge is 2.27. The topological polar surface area (TPSA) is 9.86 Å². The predicted octanol–water partition coefficient (Wildman–Crippen LogP) is 5.10. The van der Waals surface area contributed by atoms with E-state index in [0.29, 0.717) is 0 Å². The highest BCUT2D eigenvalue weighted by Crippen LogP contribution is 2.39. The molecule has 0 aliphatic carbocycles. The van der Waals surface area contributed by atoms with Gasteiger partial charge in [-0.2, -0.15) is 0 Å². The van der Waals surface area contributed by atoms with Gasteiger partial charge in [0.05, 0.1) is 12.2 Å². The van der Waals surface area contributed by atoms with Crippen LogP contribution in [0.15, 0.2) is 48.5 Å². The maximum atomic E-state index is 13.4. The average molecular weight is 342 g/mol. The van der Waals surface area contributed by atoms with Crippen molar-refractivity contribution in [2.45, 2.75) is 13.0 Å². The van der Waals surface area contributed by atoms with E-state index in [2.05, 4.69) is 54.3 Å². The second kappa shape index (κ2) is 5.34. The molecule has 128 valence electrons. The fraction of sp³-hybridized carbons (Fsp3) is 0.130. The highest BCUT2D eigenvalue weighted by atomic mass is 19.1. The number of fused-ring (bicyclic) bond motifs is 4. The maximum absolute atomic E-state index is 13.4. The molecule has 2 aromatic heterocycles. The van der Waals surface area contributed by atoms with Crippen LogP contribution < -0.4 is 0 Å². The van der Waals surface area contributed by atoms with E-state index in [9.17, 15) is 4.39 Å². The molecule has 0 bridgehead atoms. The van der Waals surface area contributed by atoms with Gasteiger partial charge in [0, 0.05) is 35.8 Å². The number of aryl methyl sites for hydroxylation is 1. The molecular formula is C23H19FN2. The van der Waals surface area contributed by atoms with Gasteiger partial charge in [-0.25, -0.2) is 4.39 Å². The van der Waals surface area contributed by atoms with Crippen molar-refractivity contribution < 1.29 is 4.39 Å². The van der Waals surface area contributed by atoms with Crippen LogP contribution >= 0.6 is 0 Å². The Balaban J connectivity index is 1.74. The molecule has 0 saturated carbocycles. The predicted molar refractivity (Wildman–Crippen MR) is 104 cm³/mol. The molecule has 3 heterocycles. The zero-order valence-corrected chi connectivity index (χ0v) is 14.7. The number of halogens is 1. The van der Waals surface area contributed by atoms with Gasteiger partial charge in [0.2, 0.25) is 0 Å². The lowest BCUT2D eigenvalue weighted by Gasteiger charge is -2.21. The molecule has 26 heavy (non-hydrogen) atoms. The largest absolute Gasteiger partial charge is 0.346 e. The van der Waals surface area contributed by atoms with Crippen molar-refractivity contribution in [3.8, 4) is 11.3 Å². The van der Waals surface area contributed by atoms with Crippen LogP contribution in [-0.4, -0.2) is 9.13 Å². The summed E-state index contributed by atoms with van der Waals surface area (Å²) in [6.45, 7) is 9.34. The second-order valence-corrected chi connectivity index (χ2v) is 7.02. The van der Waals surface area contributed by atoms with E-state index < -0.39 is 0 Å². The standard InChI is InChI=1S/C23H19FN2/c1-14-15(2)23(16-8-10-17(24)11-9-16)26-13-22-19(12-21(14)26)18-6-4-5-7-20(18)25(22)3/h4-11H,1-2,12-13H2,3H3. The van der Waals surface area contributed by atoms with E-state index in [1.165, 1.54) is 40.0 Å². The molecule has 1 aliphatic heterocycles. The fourth-order valence-corrected chi connectivity index (χ4v) is 4.33. The Morgan fingerprint density at radius 1 is 0.923 bits per heavy atom. The monoisotopic (exact) mass is 342 g/mol. The van der Waals surface area contributed by atoms with Gasteiger partial charge in [-0.05, 0) is 66.4 Å². The van der Waals surface area contributed by atoms with Crippen LogP contribution in [0.25, 0.3) is 22.2 Å². The Morgan fingerprint density at radius 3 is 2.42 bits per heavy atom. The third-order valence-corrected chi connectivity index (χ3v) is 5.71. The third-order valence-electron chi connectivity index (χ3n) is 5.71. The van der Waals surface area contributed by atoms with Crippen LogP contribution in [-0.2, 0) is 20.0 Å². The number of benzene rings is 2. The SMILES string of the molecule is [CH2]c1c([CH2])c(-c2ccc(F)cc2)n2c1Cc1c(n(C)c3ccccc13)C2. The molecule has 1 aliphatic rings. The first kappa shape index (κ1) is 15.4. The van der Waals surface area contributed by atoms with Gasteiger partial charge in [-0.15, -0.1) is 0 Å². The van der Waals surface area contributed by atoms with Crippen LogP contribution in [0.3, 0.4) is 0 Å². The zero-order valence-electron chi connectivity index (χ0n) is 14.7. The summed E-state index contributed by atoms with van der Waals surface area (Å²) >= 11 is 0. The molecule has 0 amide bonds. The lowest BCUT2D eigenvalue weighted by molar-refractivity contribution is 0.627. The van der Waals surface area contributed by atoms with Crippen molar-refractivity contribution in [1.82, 2.24) is 9.13 Å². The second-order valence-electron chi connectivity index (χ2n) is 7.02. The number of aromatic nitrogens is 2. The van der Waals surface area contributed by atoms with Gasteiger partial charge in [0.25, 0.3) is 0 Å². The van der Waals surface area contributed by atoms with Crippen molar-refractivity contribution in [2.24, 2.45) is 7.05 Å². The average Bonchev–Trinajstić information content (AvgIpc) is 3.07. The molecule has 5 rings (SSSR count). The van der Waals surface area contributed by atoms with E-state index in [1.54, 1.807) is 0 Å². The van der Waals surface area contributed by atoms with E-state index in [4.69, 9.17) is 0 Å². The Labute approximate surface area is 152 Å². The zero-order chi connectivity index (χ0) is 18.0. The summed E-state index contributed by atoms with van der Waals surface area (Å²) in [6, 6.07) is 15.2. The van der Waals surface area contributed by atoms with E-state index in [-0.39, 0.29) is 5.82 Å². The fourth-order valence-electron chi connectivity index (χ4n) is 4.33. The first-order valence-corrected chi connectivity index (χ1v) is 8.76. The van der Waals surface area contributed by atoms with Crippen molar-refractivity contribution in [3.05, 3.63) is 96.3 Å². The summed E-state index contributed by atoms with van der Waals surface area (Å²) in [7, 11) is 2.13. The summed E-state index contributed by atoms with van der Waals surface area (Å²) in [5.74, 6) is -0.226. The number of hydrogen-bond acceptors (Lipinski definition) is 0. The van der Waals surface area contributed by atoms with E-state index >= 15 is 0 Å². The lowest BCUT2D eigenvalue weighted by atomic mass is 10.00. The summed E-state index contributed by atoms with van der Waals surface area (Å²) in [4.78, 5) is 0. The molecule has 3 heteroatoms. The molecule has 2 radical (unpaired) electrons. The number of rotatable bonds is 1. The minimum absolute atomic E-state index is 0.226.